The summed E-state index contributed by atoms with van der Waals surface area (Å²) in [4.78, 5) is 95.5. The highest BCUT2D eigenvalue weighted by Gasteiger charge is 2.24. The van der Waals surface area contributed by atoms with Crippen molar-refractivity contribution in [2.24, 2.45) is 0 Å². The van der Waals surface area contributed by atoms with Crippen LogP contribution in [0.15, 0.2) is 0 Å². The number of unbranched alkanes of at least 4 members (excludes halogenated alkanes) is 1. The first-order valence-electron chi connectivity index (χ1n) is 17.0. The van der Waals surface area contributed by atoms with Crippen molar-refractivity contribution >= 4 is 41.9 Å². The first-order valence-corrected chi connectivity index (χ1v) is 17.0. The van der Waals surface area contributed by atoms with E-state index in [2.05, 4.69) is 5.32 Å². The molecule has 0 aromatic carbocycles. The van der Waals surface area contributed by atoms with Gasteiger partial charge in [0.05, 0.1) is 45.8 Å². The number of hydrogen-bond donors (Lipinski definition) is 4. The van der Waals surface area contributed by atoms with Crippen LogP contribution in [0.2, 0.25) is 0 Å². The Labute approximate surface area is 296 Å². The van der Waals surface area contributed by atoms with E-state index in [1.807, 2.05) is 30.6 Å². The van der Waals surface area contributed by atoms with Crippen molar-refractivity contribution in [1.29, 1.82) is 0 Å². The maximum Gasteiger partial charge on any atom is 0.317 e. The Morgan fingerprint density at radius 2 is 0.980 bits per heavy atom. The summed E-state index contributed by atoms with van der Waals surface area (Å²) < 4.78 is 0. The molecule has 1 saturated heterocycles. The molecule has 18 nitrogen and oxygen atoms in total. The lowest BCUT2D eigenvalue weighted by molar-refractivity contribution is -0.143. The normalized spacial score (nSPS) is 15.0. The second-order valence-electron chi connectivity index (χ2n) is 11.5. The summed E-state index contributed by atoms with van der Waals surface area (Å²) >= 11 is 0. The average molecular weight is 719 g/mol. The quantitative estimate of drug-likeness (QED) is 0.0905. The van der Waals surface area contributed by atoms with Gasteiger partial charge >= 0.3 is 11.9 Å². The van der Waals surface area contributed by atoms with Gasteiger partial charge in [-0.25, -0.2) is 0 Å². The SMILES string of the molecule is CC.CCCCNC(=O)CN(C)C(=O)CN(C)C(=O)CN(C)C(=O)CN1CCN(CC=O)CCN(CC(=O)O)CCN(CC(=O)O)CC1.CO. The third-order valence-electron chi connectivity index (χ3n) is 7.59. The van der Waals surface area contributed by atoms with Gasteiger partial charge in [0.25, 0.3) is 0 Å². The number of carbonyl (C=O) groups is 7. The lowest BCUT2D eigenvalue weighted by Crippen LogP contribution is -2.50. The van der Waals surface area contributed by atoms with Crippen LogP contribution in [-0.2, 0) is 33.6 Å². The number of carboxylic acid groups (broad SMARTS) is 2. The molecule has 290 valence electrons. The number of aliphatic hydroxyl groups excluding tert-OH is 1. The third-order valence-corrected chi connectivity index (χ3v) is 7.59. The van der Waals surface area contributed by atoms with Crippen LogP contribution in [0.25, 0.3) is 0 Å². The number of likely N-dealkylation sites (N-methyl/N-ethyl adjacent to an activating group) is 3. The Kier molecular flexibility index (Phi) is 28.1. The van der Waals surface area contributed by atoms with Gasteiger partial charge in [-0.2, -0.15) is 0 Å². The molecule has 4 N–H and O–H groups in total. The van der Waals surface area contributed by atoms with E-state index in [-0.39, 0.29) is 57.6 Å². The van der Waals surface area contributed by atoms with E-state index < -0.39 is 23.8 Å². The van der Waals surface area contributed by atoms with E-state index in [1.165, 1.54) is 35.8 Å². The molecule has 0 spiro atoms. The predicted molar refractivity (Wildman–Crippen MR) is 187 cm³/mol. The summed E-state index contributed by atoms with van der Waals surface area (Å²) in [5.74, 6) is -3.57. The summed E-state index contributed by atoms with van der Waals surface area (Å²) in [6.07, 6.45) is 2.53. The van der Waals surface area contributed by atoms with Gasteiger partial charge in [-0.1, -0.05) is 27.2 Å². The first kappa shape index (κ1) is 48.4. The van der Waals surface area contributed by atoms with E-state index in [1.54, 1.807) is 9.80 Å². The standard InChI is InChI=1S/C29H52N8O9.C2H6.CH4O/c1-5-6-7-30-24(39)18-31(2)25(40)19-32(3)26(41)20-33(4)27(42)21-35-10-8-34(16-17-38)9-11-36(22-28(43)44)14-15-37(13-12-35)23-29(45)46;2*1-2/h17H,5-16,18-23H2,1-4H3,(H,30,39)(H,43,44)(H,45,46);1-2H3;2H,1H3. The number of aldehydes is 1. The lowest BCUT2D eigenvalue weighted by atomic mass is 10.3. The number of hydrogen-bond acceptors (Lipinski definition) is 12. The molecule has 0 aromatic rings. The average Bonchev–Trinajstić information content (AvgIpc) is 3.07. The van der Waals surface area contributed by atoms with Gasteiger partial charge in [-0.3, -0.25) is 48.4 Å². The number of aliphatic carboxylic acids is 2. The van der Waals surface area contributed by atoms with Crippen LogP contribution in [0.5, 0.6) is 0 Å². The molecular formula is C32H62N8O10. The Balaban J connectivity index is 0. The molecule has 0 bridgehead atoms. The summed E-state index contributed by atoms with van der Waals surface area (Å²) in [5, 5.41) is 28.4. The van der Waals surface area contributed by atoms with E-state index >= 15 is 0 Å². The predicted octanol–water partition coefficient (Wildman–Crippen LogP) is -2.50. The highest BCUT2D eigenvalue weighted by atomic mass is 16.4. The third kappa shape index (κ3) is 22.8. The fourth-order valence-electron chi connectivity index (χ4n) is 4.62. The topological polar surface area (TPSA) is 215 Å². The molecule has 1 aliphatic rings. The van der Waals surface area contributed by atoms with Gasteiger partial charge in [0, 0.05) is 87.2 Å². The minimum Gasteiger partial charge on any atom is -0.480 e. The Bertz CT molecular complexity index is 1030. The fraction of sp³-hybridized carbons (Fsp3) is 0.781. The molecule has 50 heavy (non-hydrogen) atoms. The molecule has 1 fully saturated rings. The lowest BCUT2D eigenvalue weighted by Gasteiger charge is -2.33. The number of aliphatic hydroxyl groups is 1. The molecule has 0 aliphatic carbocycles. The number of amides is 4. The highest BCUT2D eigenvalue weighted by molar-refractivity contribution is 5.90. The zero-order valence-corrected chi connectivity index (χ0v) is 31.1. The van der Waals surface area contributed by atoms with Crippen molar-refractivity contribution < 1.29 is 48.9 Å². The van der Waals surface area contributed by atoms with E-state index in [0.717, 1.165) is 26.2 Å². The number of nitrogens with zero attached hydrogens (tertiary/aromatic N) is 7. The number of carbonyl (C=O) groups excluding carboxylic acids is 5. The van der Waals surface area contributed by atoms with Gasteiger partial charge in [-0.15, -0.1) is 0 Å². The molecule has 1 heterocycles. The molecule has 1 rings (SSSR count). The first-order chi connectivity index (χ1) is 23.7. The maximum absolute atomic E-state index is 13.2. The number of nitrogens with one attached hydrogen (secondary N) is 1. The van der Waals surface area contributed by atoms with E-state index in [9.17, 15) is 43.8 Å². The van der Waals surface area contributed by atoms with Crippen LogP contribution < -0.4 is 5.32 Å². The molecule has 18 heteroatoms. The van der Waals surface area contributed by atoms with Gasteiger partial charge in [-0.05, 0) is 6.42 Å². The summed E-state index contributed by atoms with van der Waals surface area (Å²) in [6, 6.07) is 0. The van der Waals surface area contributed by atoms with E-state index in [4.69, 9.17) is 5.11 Å². The van der Waals surface area contributed by atoms with Crippen LogP contribution in [0, 0.1) is 0 Å². The number of carboxylic acids is 2. The van der Waals surface area contributed by atoms with Gasteiger partial charge in [0.15, 0.2) is 0 Å². The van der Waals surface area contributed by atoms with Gasteiger partial charge in [0.2, 0.25) is 23.6 Å². The highest BCUT2D eigenvalue weighted by Crippen LogP contribution is 2.03. The molecule has 0 atom stereocenters. The van der Waals surface area contributed by atoms with Crippen LogP contribution in [-0.4, -0.2) is 224 Å². The van der Waals surface area contributed by atoms with Gasteiger partial charge < -0.3 is 40.1 Å². The van der Waals surface area contributed by atoms with Crippen molar-refractivity contribution in [3.05, 3.63) is 0 Å². The van der Waals surface area contributed by atoms with E-state index in [0.29, 0.717) is 58.9 Å². The molecule has 0 aromatic heterocycles. The minimum absolute atomic E-state index is 0.0662. The second-order valence-corrected chi connectivity index (χ2v) is 11.5. The summed E-state index contributed by atoms with van der Waals surface area (Å²) in [6.45, 7) is 8.24. The summed E-state index contributed by atoms with van der Waals surface area (Å²) in [5.41, 5.74) is 0. The molecule has 0 saturated carbocycles. The molecule has 0 unspecified atom stereocenters. The van der Waals surface area contributed by atoms with Gasteiger partial charge in [0.1, 0.15) is 6.29 Å². The minimum atomic E-state index is -1.03. The molecule has 0 radical (unpaired) electrons. The Morgan fingerprint density at radius 3 is 1.36 bits per heavy atom. The second kappa shape index (κ2) is 29.1. The van der Waals surface area contributed by atoms with Crippen LogP contribution in [0.4, 0.5) is 0 Å². The summed E-state index contributed by atoms with van der Waals surface area (Å²) in [7, 11) is 5.40. The monoisotopic (exact) mass is 718 g/mol. The van der Waals surface area contributed by atoms with Crippen molar-refractivity contribution in [2.75, 3.05) is 133 Å². The molecular weight excluding hydrogens is 656 g/mol. The van der Waals surface area contributed by atoms with Crippen molar-refractivity contribution in [3.8, 4) is 0 Å². The van der Waals surface area contributed by atoms with Crippen LogP contribution >= 0.6 is 0 Å². The zero-order valence-electron chi connectivity index (χ0n) is 31.1. The fourth-order valence-corrected chi connectivity index (χ4v) is 4.62. The van der Waals surface area contributed by atoms with Crippen LogP contribution in [0.1, 0.15) is 33.6 Å². The largest absolute Gasteiger partial charge is 0.480 e. The molecule has 4 amide bonds. The number of rotatable bonds is 17. The zero-order chi connectivity index (χ0) is 38.6. The Morgan fingerprint density at radius 1 is 0.620 bits per heavy atom. The maximum atomic E-state index is 13.2. The molecule has 1 aliphatic heterocycles. The smallest absolute Gasteiger partial charge is 0.317 e. The van der Waals surface area contributed by atoms with Crippen molar-refractivity contribution in [3.63, 3.8) is 0 Å². The van der Waals surface area contributed by atoms with Crippen molar-refractivity contribution in [1.82, 2.24) is 39.6 Å². The van der Waals surface area contributed by atoms with Crippen molar-refractivity contribution in [2.45, 2.75) is 33.6 Å². The van der Waals surface area contributed by atoms with Crippen LogP contribution in [0.3, 0.4) is 0 Å². The Hall–Kier alpha value is -3.71.